The van der Waals surface area contributed by atoms with Gasteiger partial charge in [0.25, 0.3) is 10.0 Å². The van der Waals surface area contributed by atoms with Crippen LogP contribution in [0.1, 0.15) is 35.4 Å². The molecule has 2 unspecified atom stereocenters. The molecule has 10 heteroatoms. The molecule has 0 N–H and O–H groups in total. The van der Waals surface area contributed by atoms with Gasteiger partial charge < -0.3 is 14.1 Å². The van der Waals surface area contributed by atoms with Crippen LogP contribution in [0.4, 0.5) is 0 Å². The summed E-state index contributed by atoms with van der Waals surface area (Å²) in [7, 11) is -3.90. The number of piperazine rings is 1. The number of esters is 1. The first-order valence-electron chi connectivity index (χ1n) is 10.1. The monoisotopic (exact) mass is 466 g/mol. The maximum Gasteiger partial charge on any atom is 0.374 e. The van der Waals surface area contributed by atoms with E-state index in [1.807, 2.05) is 24.3 Å². The first-order valence-corrected chi connectivity index (χ1v) is 11.9. The van der Waals surface area contributed by atoms with E-state index in [2.05, 4.69) is 0 Å². The fourth-order valence-electron chi connectivity index (χ4n) is 3.87. The summed E-state index contributed by atoms with van der Waals surface area (Å²) in [5, 5.41) is 0.357. The number of nitrogens with zero attached hydrogens (tertiary/aromatic N) is 2. The van der Waals surface area contributed by atoms with E-state index in [1.54, 1.807) is 11.8 Å². The molecule has 2 fully saturated rings. The number of ether oxygens (including phenoxy) is 1. The molecule has 31 heavy (non-hydrogen) atoms. The lowest BCUT2D eigenvalue weighted by Gasteiger charge is -2.33. The molecule has 2 atom stereocenters. The van der Waals surface area contributed by atoms with E-state index in [-0.39, 0.29) is 48.3 Å². The Kier molecular flexibility index (Phi) is 6.09. The van der Waals surface area contributed by atoms with Crippen molar-refractivity contribution < 1.29 is 27.2 Å². The molecule has 0 bridgehead atoms. The summed E-state index contributed by atoms with van der Waals surface area (Å²) in [5.41, 5.74) is 0.985. The molecule has 2 aliphatic rings. The minimum Gasteiger partial charge on any atom is -0.460 e. The Hall–Kier alpha value is -2.36. The van der Waals surface area contributed by atoms with Crippen LogP contribution in [0.25, 0.3) is 0 Å². The van der Waals surface area contributed by atoms with Gasteiger partial charge in [-0.3, -0.25) is 4.79 Å². The standard InChI is InChI=1S/C21H23ClN2O6S/c1-2-29-21(26)18-7-8-19(30-18)31(27,28)24-11-9-23(10-12-24)20(25)16-13-15(16)14-5-3-4-6-17(14)22/h3-8,15-16H,2,9-13H2,1H3. The van der Waals surface area contributed by atoms with Gasteiger partial charge in [-0.15, -0.1) is 0 Å². The van der Waals surface area contributed by atoms with Crippen molar-refractivity contribution in [3.8, 4) is 0 Å². The molecule has 1 amide bonds. The molecule has 4 rings (SSSR count). The number of carbonyl (C=O) groups is 2. The van der Waals surface area contributed by atoms with E-state index in [1.165, 1.54) is 16.4 Å². The van der Waals surface area contributed by atoms with Gasteiger partial charge in [-0.1, -0.05) is 29.8 Å². The highest BCUT2D eigenvalue weighted by Gasteiger charge is 2.47. The van der Waals surface area contributed by atoms with Gasteiger partial charge in [-0.2, -0.15) is 4.31 Å². The molecule has 1 saturated heterocycles. The van der Waals surface area contributed by atoms with E-state index in [0.717, 1.165) is 12.0 Å². The Morgan fingerprint density at radius 3 is 2.52 bits per heavy atom. The van der Waals surface area contributed by atoms with Gasteiger partial charge in [-0.05, 0) is 43.0 Å². The van der Waals surface area contributed by atoms with Crippen LogP contribution in [0.2, 0.25) is 5.02 Å². The first-order chi connectivity index (χ1) is 14.8. The second-order valence-electron chi connectivity index (χ2n) is 7.54. The van der Waals surface area contributed by atoms with Crippen LogP contribution in [0.15, 0.2) is 45.9 Å². The fraction of sp³-hybridized carbons (Fsp3) is 0.429. The lowest BCUT2D eigenvalue weighted by molar-refractivity contribution is -0.133. The van der Waals surface area contributed by atoms with E-state index in [4.69, 9.17) is 20.8 Å². The zero-order valence-corrected chi connectivity index (χ0v) is 18.6. The first kappa shape index (κ1) is 21.9. The second kappa shape index (κ2) is 8.64. The number of amides is 1. The summed E-state index contributed by atoms with van der Waals surface area (Å²) in [6, 6.07) is 10.1. The van der Waals surface area contributed by atoms with Crippen molar-refractivity contribution >= 4 is 33.5 Å². The predicted octanol–water partition coefficient (Wildman–Crippen LogP) is 2.75. The summed E-state index contributed by atoms with van der Waals surface area (Å²) in [4.78, 5) is 26.3. The minimum atomic E-state index is -3.90. The third-order valence-corrected chi connectivity index (χ3v) is 7.73. The van der Waals surface area contributed by atoms with Crippen LogP contribution < -0.4 is 0 Å². The highest BCUT2D eigenvalue weighted by molar-refractivity contribution is 7.89. The van der Waals surface area contributed by atoms with E-state index in [9.17, 15) is 18.0 Å². The van der Waals surface area contributed by atoms with Crippen LogP contribution >= 0.6 is 11.6 Å². The molecule has 0 radical (unpaired) electrons. The number of rotatable bonds is 6. The summed E-state index contributed by atoms with van der Waals surface area (Å²) in [6.45, 7) is 2.73. The van der Waals surface area contributed by atoms with Crippen LogP contribution in [-0.4, -0.2) is 62.3 Å². The number of hydrogen-bond donors (Lipinski definition) is 0. The topological polar surface area (TPSA) is 97.1 Å². The number of halogens is 1. The number of furan rings is 1. The van der Waals surface area contributed by atoms with Gasteiger partial charge in [0, 0.05) is 37.1 Å². The van der Waals surface area contributed by atoms with Gasteiger partial charge in [0.05, 0.1) is 6.61 Å². The number of benzene rings is 1. The summed E-state index contributed by atoms with van der Waals surface area (Å²) in [5.74, 6) is -0.831. The highest BCUT2D eigenvalue weighted by Crippen LogP contribution is 2.50. The summed E-state index contributed by atoms with van der Waals surface area (Å²) in [6.07, 6.45) is 0.754. The molecule has 1 aromatic carbocycles. The Balaban J connectivity index is 1.36. The van der Waals surface area contributed by atoms with Gasteiger partial charge >= 0.3 is 5.97 Å². The fourth-order valence-corrected chi connectivity index (χ4v) is 5.48. The number of sulfonamides is 1. The minimum absolute atomic E-state index is 0.0320. The molecule has 1 saturated carbocycles. The van der Waals surface area contributed by atoms with E-state index >= 15 is 0 Å². The summed E-state index contributed by atoms with van der Waals surface area (Å²) >= 11 is 6.25. The molecule has 8 nitrogen and oxygen atoms in total. The smallest absolute Gasteiger partial charge is 0.374 e. The molecule has 1 aromatic heterocycles. The van der Waals surface area contributed by atoms with Crippen LogP contribution in [0.5, 0.6) is 0 Å². The zero-order chi connectivity index (χ0) is 22.2. The predicted molar refractivity (Wildman–Crippen MR) is 112 cm³/mol. The van der Waals surface area contributed by atoms with Gasteiger partial charge in [-0.25, -0.2) is 13.2 Å². The summed E-state index contributed by atoms with van der Waals surface area (Å²) < 4.78 is 37.0. The van der Waals surface area contributed by atoms with Crippen molar-refractivity contribution in [1.29, 1.82) is 0 Å². The van der Waals surface area contributed by atoms with E-state index < -0.39 is 16.0 Å². The zero-order valence-electron chi connectivity index (χ0n) is 17.0. The van der Waals surface area contributed by atoms with Gasteiger partial charge in [0.15, 0.2) is 0 Å². The molecule has 1 aliphatic carbocycles. The Morgan fingerprint density at radius 1 is 1.13 bits per heavy atom. The third kappa shape index (κ3) is 4.35. The Bertz CT molecular complexity index is 1090. The van der Waals surface area contributed by atoms with Crippen molar-refractivity contribution in [3.63, 3.8) is 0 Å². The SMILES string of the molecule is CCOC(=O)c1ccc(S(=O)(=O)N2CCN(C(=O)C3CC3c3ccccc3Cl)CC2)o1. The average molecular weight is 467 g/mol. The van der Waals surface area contributed by atoms with Crippen molar-refractivity contribution in [3.05, 3.63) is 52.7 Å². The van der Waals surface area contributed by atoms with E-state index in [0.29, 0.717) is 18.1 Å². The molecule has 1 aliphatic heterocycles. The molecular weight excluding hydrogens is 444 g/mol. The third-order valence-electron chi connectivity index (χ3n) is 5.61. The van der Waals surface area contributed by atoms with Crippen molar-refractivity contribution in [1.82, 2.24) is 9.21 Å². The van der Waals surface area contributed by atoms with Crippen molar-refractivity contribution in [2.75, 3.05) is 32.8 Å². The molecular formula is C21H23ClN2O6S. The van der Waals surface area contributed by atoms with Crippen molar-refractivity contribution in [2.45, 2.75) is 24.4 Å². The maximum atomic E-state index is 12.9. The van der Waals surface area contributed by atoms with Crippen LogP contribution in [0, 0.1) is 5.92 Å². The Morgan fingerprint density at radius 2 is 1.84 bits per heavy atom. The van der Waals surface area contributed by atoms with Crippen molar-refractivity contribution in [2.24, 2.45) is 5.92 Å². The quantitative estimate of drug-likeness (QED) is 0.607. The van der Waals surface area contributed by atoms with Gasteiger partial charge in [0.1, 0.15) is 0 Å². The average Bonchev–Trinajstić information content (AvgIpc) is 3.38. The number of hydrogen-bond acceptors (Lipinski definition) is 6. The number of carbonyl (C=O) groups excluding carboxylic acids is 2. The molecule has 2 aromatic rings. The molecule has 0 spiro atoms. The van der Waals surface area contributed by atoms with Gasteiger partial charge in [0.2, 0.25) is 16.8 Å². The normalized spacial score (nSPS) is 21.7. The second-order valence-corrected chi connectivity index (χ2v) is 9.81. The largest absolute Gasteiger partial charge is 0.460 e. The van der Waals surface area contributed by atoms with Crippen LogP contribution in [0.3, 0.4) is 0 Å². The lowest BCUT2D eigenvalue weighted by Crippen LogP contribution is -2.50. The molecule has 166 valence electrons. The molecule has 2 heterocycles. The highest BCUT2D eigenvalue weighted by atomic mass is 35.5. The lowest BCUT2D eigenvalue weighted by atomic mass is 10.1. The Labute approximate surface area is 185 Å². The maximum absolute atomic E-state index is 12.9. The van der Waals surface area contributed by atoms with Crippen LogP contribution in [-0.2, 0) is 19.6 Å².